The molecule has 0 aliphatic carbocycles. The SMILES string of the molecule is C=CO[Si](O[Si](OC=C)(C(C)C)C(C)C)(C(C)C)C(C)C. The van der Waals surface area contributed by atoms with Gasteiger partial charge in [0.15, 0.2) is 0 Å². The zero-order chi connectivity index (χ0) is 16.8. The predicted molar refractivity (Wildman–Crippen MR) is 95.5 cm³/mol. The highest BCUT2D eigenvalue weighted by molar-refractivity contribution is 6.84. The van der Waals surface area contributed by atoms with Crippen molar-refractivity contribution >= 4 is 17.1 Å². The summed E-state index contributed by atoms with van der Waals surface area (Å²) in [5.41, 5.74) is 1.25. The largest absolute Gasteiger partial charge is 0.527 e. The molecule has 0 N–H and O–H groups in total. The molecule has 0 amide bonds. The fraction of sp³-hybridized carbons (Fsp3) is 0.750. The summed E-state index contributed by atoms with van der Waals surface area (Å²) >= 11 is 0. The van der Waals surface area contributed by atoms with E-state index in [1.807, 2.05) is 0 Å². The van der Waals surface area contributed by atoms with Crippen LogP contribution in [0.3, 0.4) is 0 Å². The van der Waals surface area contributed by atoms with Crippen molar-refractivity contribution in [1.29, 1.82) is 0 Å². The average molecular weight is 331 g/mol. The van der Waals surface area contributed by atoms with Crippen LogP contribution < -0.4 is 0 Å². The highest BCUT2D eigenvalue weighted by Crippen LogP contribution is 2.44. The van der Waals surface area contributed by atoms with Crippen LogP contribution in [-0.4, -0.2) is 17.1 Å². The third-order valence-corrected chi connectivity index (χ3v) is 14.1. The van der Waals surface area contributed by atoms with E-state index in [1.165, 1.54) is 0 Å². The summed E-state index contributed by atoms with van der Waals surface area (Å²) in [5.74, 6) is 0. The minimum Gasteiger partial charge on any atom is -0.527 e. The Morgan fingerprint density at radius 1 is 0.619 bits per heavy atom. The number of rotatable bonds is 10. The van der Waals surface area contributed by atoms with E-state index in [0.29, 0.717) is 22.2 Å². The van der Waals surface area contributed by atoms with Crippen molar-refractivity contribution in [1.82, 2.24) is 0 Å². The molecule has 0 rings (SSSR count). The maximum atomic E-state index is 6.84. The molecular weight excluding hydrogens is 296 g/mol. The van der Waals surface area contributed by atoms with E-state index < -0.39 is 17.1 Å². The van der Waals surface area contributed by atoms with Gasteiger partial charge >= 0.3 is 17.1 Å². The average Bonchev–Trinajstić information content (AvgIpc) is 2.35. The Morgan fingerprint density at radius 3 is 1.00 bits per heavy atom. The highest BCUT2D eigenvalue weighted by atomic mass is 28.5. The van der Waals surface area contributed by atoms with Crippen LogP contribution in [0.5, 0.6) is 0 Å². The minimum atomic E-state index is -2.48. The predicted octanol–water partition coefficient (Wildman–Crippen LogP) is 5.85. The second-order valence-corrected chi connectivity index (χ2v) is 15.5. The summed E-state index contributed by atoms with van der Waals surface area (Å²) in [7, 11) is -4.96. The lowest BCUT2D eigenvalue weighted by Crippen LogP contribution is -2.60. The second kappa shape index (κ2) is 8.20. The van der Waals surface area contributed by atoms with Gasteiger partial charge in [-0.2, -0.15) is 0 Å². The molecule has 0 saturated carbocycles. The molecule has 0 aliphatic heterocycles. The molecule has 0 aromatic rings. The lowest BCUT2D eigenvalue weighted by Gasteiger charge is -2.46. The van der Waals surface area contributed by atoms with Crippen molar-refractivity contribution in [2.45, 2.75) is 77.6 Å². The van der Waals surface area contributed by atoms with Gasteiger partial charge in [0.05, 0.1) is 12.5 Å². The van der Waals surface area contributed by atoms with Crippen molar-refractivity contribution in [2.24, 2.45) is 0 Å². The van der Waals surface area contributed by atoms with E-state index in [2.05, 4.69) is 68.5 Å². The summed E-state index contributed by atoms with van der Waals surface area (Å²) in [6.45, 7) is 24.9. The minimum absolute atomic E-state index is 0.313. The van der Waals surface area contributed by atoms with Crippen LogP contribution in [0.15, 0.2) is 25.7 Å². The smallest absolute Gasteiger partial charge is 0.395 e. The Bertz CT molecular complexity index is 290. The van der Waals surface area contributed by atoms with Crippen LogP contribution in [-0.2, 0) is 13.0 Å². The maximum absolute atomic E-state index is 6.84. The van der Waals surface area contributed by atoms with Crippen LogP contribution in [0.2, 0.25) is 22.2 Å². The monoisotopic (exact) mass is 330 g/mol. The summed E-state index contributed by atoms with van der Waals surface area (Å²) in [4.78, 5) is 0. The molecule has 0 bridgehead atoms. The molecule has 0 fully saturated rings. The molecule has 21 heavy (non-hydrogen) atoms. The van der Waals surface area contributed by atoms with Crippen molar-refractivity contribution in [3.8, 4) is 0 Å². The quantitative estimate of drug-likeness (QED) is 0.371. The van der Waals surface area contributed by atoms with Crippen LogP contribution in [0.25, 0.3) is 0 Å². The van der Waals surface area contributed by atoms with Gasteiger partial charge in [-0.25, -0.2) is 0 Å². The number of hydrogen-bond donors (Lipinski definition) is 0. The van der Waals surface area contributed by atoms with Gasteiger partial charge in [-0.15, -0.1) is 0 Å². The van der Waals surface area contributed by atoms with Gasteiger partial charge in [-0.3, -0.25) is 0 Å². The topological polar surface area (TPSA) is 27.7 Å². The third-order valence-electron chi connectivity index (χ3n) is 4.07. The summed E-state index contributed by atoms with van der Waals surface area (Å²) in [5, 5.41) is 0. The van der Waals surface area contributed by atoms with Gasteiger partial charge in [-0.1, -0.05) is 68.5 Å². The third kappa shape index (κ3) is 4.23. The molecule has 0 heterocycles. The van der Waals surface area contributed by atoms with Gasteiger partial charge in [0.25, 0.3) is 0 Å². The van der Waals surface area contributed by atoms with E-state index in [9.17, 15) is 0 Å². The Labute approximate surface area is 133 Å². The normalized spacial score (nSPS) is 13.1. The van der Waals surface area contributed by atoms with Crippen LogP contribution >= 0.6 is 0 Å². The van der Waals surface area contributed by atoms with E-state index >= 15 is 0 Å². The highest BCUT2D eigenvalue weighted by Gasteiger charge is 2.57. The van der Waals surface area contributed by atoms with Crippen molar-refractivity contribution in [3.63, 3.8) is 0 Å². The Hall–Kier alpha value is -0.526. The van der Waals surface area contributed by atoms with Crippen LogP contribution in [0.4, 0.5) is 0 Å². The molecule has 0 aliphatic rings. The van der Waals surface area contributed by atoms with Crippen molar-refractivity contribution < 1.29 is 13.0 Å². The first-order valence-corrected chi connectivity index (χ1v) is 11.8. The van der Waals surface area contributed by atoms with Gasteiger partial charge in [0.2, 0.25) is 0 Å². The van der Waals surface area contributed by atoms with Crippen molar-refractivity contribution in [2.75, 3.05) is 0 Å². The zero-order valence-electron chi connectivity index (χ0n) is 15.1. The van der Waals surface area contributed by atoms with Crippen LogP contribution in [0.1, 0.15) is 55.4 Å². The summed E-state index contributed by atoms with van der Waals surface area (Å²) < 4.78 is 19.0. The molecule has 0 aromatic carbocycles. The van der Waals surface area contributed by atoms with Crippen molar-refractivity contribution in [3.05, 3.63) is 25.7 Å². The molecule has 0 saturated heterocycles. The lowest BCUT2D eigenvalue weighted by atomic mass is 10.5. The Kier molecular flexibility index (Phi) is 7.99. The standard InChI is InChI=1S/C16H34O3Si2/c1-11-17-20(13(3)4,14(5)6)19-21(15(7)8,16(9)10)18-12-2/h11-16H,1-2H2,3-10H3. The van der Waals surface area contributed by atoms with Gasteiger partial charge < -0.3 is 13.0 Å². The molecule has 0 spiro atoms. The summed E-state index contributed by atoms with van der Waals surface area (Å²) in [6.07, 6.45) is 3.08. The van der Waals surface area contributed by atoms with Gasteiger partial charge in [0, 0.05) is 22.2 Å². The molecular formula is C16H34O3Si2. The van der Waals surface area contributed by atoms with E-state index in [0.717, 1.165) is 0 Å². The second-order valence-electron chi connectivity index (χ2n) is 6.73. The molecule has 0 radical (unpaired) electrons. The number of hydrogen-bond acceptors (Lipinski definition) is 3. The first-order chi connectivity index (χ1) is 9.60. The van der Waals surface area contributed by atoms with Gasteiger partial charge in [0.1, 0.15) is 0 Å². The molecule has 5 heteroatoms. The molecule has 3 nitrogen and oxygen atoms in total. The zero-order valence-corrected chi connectivity index (χ0v) is 17.1. The molecule has 0 atom stereocenters. The fourth-order valence-corrected chi connectivity index (χ4v) is 13.3. The maximum Gasteiger partial charge on any atom is 0.395 e. The molecule has 0 aromatic heterocycles. The van der Waals surface area contributed by atoms with Gasteiger partial charge in [-0.05, 0) is 0 Å². The van der Waals surface area contributed by atoms with E-state index in [4.69, 9.17) is 13.0 Å². The first kappa shape index (κ1) is 20.5. The molecule has 0 unspecified atom stereocenters. The summed E-state index contributed by atoms with van der Waals surface area (Å²) in [6, 6.07) is 0. The molecule has 124 valence electrons. The van der Waals surface area contributed by atoms with Crippen LogP contribution in [0, 0.1) is 0 Å². The fourth-order valence-electron chi connectivity index (χ4n) is 2.91. The first-order valence-electron chi connectivity index (χ1n) is 7.88. The van der Waals surface area contributed by atoms with E-state index in [1.54, 1.807) is 12.5 Å². The lowest BCUT2D eigenvalue weighted by molar-refractivity contribution is 0.238. The Balaban J connectivity index is 5.90. The Morgan fingerprint density at radius 2 is 0.857 bits per heavy atom. The van der Waals surface area contributed by atoms with E-state index in [-0.39, 0.29) is 0 Å².